The topological polar surface area (TPSA) is 103 Å². The van der Waals surface area contributed by atoms with E-state index < -0.39 is 0 Å². The number of carbonyl (C=O) groups is 3. The second-order valence-electron chi connectivity index (χ2n) is 8.97. The number of anilines is 1. The van der Waals surface area contributed by atoms with Crippen molar-refractivity contribution in [3.05, 3.63) is 72.3 Å². The Morgan fingerprint density at radius 1 is 0.972 bits per heavy atom. The summed E-state index contributed by atoms with van der Waals surface area (Å²) in [6, 6.07) is 12.3. The number of Topliss-reactive ketones (excluding diaryl/α,β-unsaturated/α-hetero) is 1. The molecule has 3 aromatic rings. The highest BCUT2D eigenvalue weighted by Crippen LogP contribution is 2.32. The summed E-state index contributed by atoms with van der Waals surface area (Å²) in [7, 11) is 0. The zero-order valence-corrected chi connectivity index (χ0v) is 19.9. The second-order valence-corrected chi connectivity index (χ2v) is 8.97. The highest BCUT2D eigenvalue weighted by atomic mass is 16.6. The van der Waals surface area contributed by atoms with Crippen LogP contribution in [0.2, 0.25) is 0 Å². The van der Waals surface area contributed by atoms with Gasteiger partial charge >= 0.3 is 0 Å². The van der Waals surface area contributed by atoms with E-state index in [-0.39, 0.29) is 23.5 Å². The number of fused-ring (bicyclic) bond motifs is 1. The lowest BCUT2D eigenvalue weighted by molar-refractivity contribution is -0.116. The summed E-state index contributed by atoms with van der Waals surface area (Å²) in [6.07, 6.45) is 6.65. The highest BCUT2D eigenvalue weighted by Gasteiger charge is 2.29. The quantitative estimate of drug-likeness (QED) is 0.512. The molecule has 36 heavy (non-hydrogen) atoms. The number of benzene rings is 2. The van der Waals surface area contributed by atoms with Crippen LogP contribution in [0.25, 0.3) is 0 Å². The number of ketones is 1. The molecule has 2 aromatic carbocycles. The number of piperidine rings is 1. The largest absolute Gasteiger partial charge is 0.486 e. The maximum Gasteiger partial charge on any atom is 0.253 e. The first kappa shape index (κ1) is 23.6. The molecule has 9 nitrogen and oxygen atoms in total. The number of rotatable bonds is 7. The van der Waals surface area contributed by atoms with E-state index in [4.69, 9.17) is 9.47 Å². The minimum Gasteiger partial charge on any atom is -0.486 e. The lowest BCUT2D eigenvalue weighted by Gasteiger charge is -2.31. The molecule has 0 radical (unpaired) electrons. The summed E-state index contributed by atoms with van der Waals surface area (Å²) in [5.41, 5.74) is 1.71. The standard InChI is InChI=1S/C27H28N4O5/c32-25(8-10-30-13-9-28-18-30)29-22-3-1-2-21(16-22)27(34)31-11-6-19(7-12-31)26(33)20-4-5-23-24(17-20)36-15-14-35-23/h1-5,9,13,16-19H,6-8,10-12,14-15H2,(H,29,32). The summed E-state index contributed by atoms with van der Waals surface area (Å²) >= 11 is 0. The Bertz CT molecular complexity index is 1250. The molecule has 9 heteroatoms. The summed E-state index contributed by atoms with van der Waals surface area (Å²) in [4.78, 5) is 44.2. The second kappa shape index (κ2) is 10.6. The van der Waals surface area contributed by atoms with Gasteiger partial charge < -0.3 is 24.3 Å². The van der Waals surface area contributed by atoms with Crippen LogP contribution in [-0.2, 0) is 11.3 Å². The van der Waals surface area contributed by atoms with Gasteiger partial charge in [-0.1, -0.05) is 6.07 Å². The van der Waals surface area contributed by atoms with E-state index in [2.05, 4.69) is 10.3 Å². The number of carbonyl (C=O) groups excluding carboxylic acids is 3. The van der Waals surface area contributed by atoms with Gasteiger partial charge in [0.1, 0.15) is 13.2 Å². The van der Waals surface area contributed by atoms with E-state index in [0.29, 0.717) is 80.4 Å². The lowest BCUT2D eigenvalue weighted by atomic mass is 9.88. The third kappa shape index (κ3) is 5.40. The van der Waals surface area contributed by atoms with E-state index in [1.165, 1.54) is 0 Å². The predicted octanol–water partition coefficient (Wildman–Crippen LogP) is 3.42. The number of likely N-dealkylation sites (tertiary alicyclic amines) is 1. The molecule has 0 bridgehead atoms. The number of hydrogen-bond acceptors (Lipinski definition) is 6. The molecule has 3 heterocycles. The molecule has 0 spiro atoms. The van der Waals surface area contributed by atoms with Gasteiger partial charge in [-0.2, -0.15) is 0 Å². The van der Waals surface area contributed by atoms with Crippen molar-refractivity contribution >= 4 is 23.3 Å². The van der Waals surface area contributed by atoms with Gasteiger partial charge in [0, 0.05) is 61.2 Å². The molecule has 1 N–H and O–H groups in total. The van der Waals surface area contributed by atoms with Crippen molar-refractivity contribution in [3.8, 4) is 11.5 Å². The fraction of sp³-hybridized carbons (Fsp3) is 0.333. The number of nitrogens with one attached hydrogen (secondary N) is 1. The smallest absolute Gasteiger partial charge is 0.253 e. The molecule has 0 aliphatic carbocycles. The third-order valence-corrected chi connectivity index (χ3v) is 6.53. The molecule has 1 fully saturated rings. The van der Waals surface area contributed by atoms with E-state index in [9.17, 15) is 14.4 Å². The normalized spacial score (nSPS) is 15.4. The van der Waals surface area contributed by atoms with Crippen LogP contribution in [-0.4, -0.2) is 58.4 Å². The van der Waals surface area contributed by atoms with Crippen molar-refractivity contribution in [3.63, 3.8) is 0 Å². The molecular formula is C27H28N4O5. The minimum atomic E-state index is -0.141. The van der Waals surface area contributed by atoms with Gasteiger partial charge in [0.25, 0.3) is 5.91 Å². The van der Waals surface area contributed by atoms with E-state index in [1.54, 1.807) is 66.1 Å². The van der Waals surface area contributed by atoms with Crippen molar-refractivity contribution in [2.75, 3.05) is 31.6 Å². The van der Waals surface area contributed by atoms with E-state index in [1.807, 2.05) is 4.57 Å². The van der Waals surface area contributed by atoms with Crippen LogP contribution >= 0.6 is 0 Å². The fourth-order valence-corrected chi connectivity index (χ4v) is 4.56. The first-order valence-electron chi connectivity index (χ1n) is 12.2. The fourth-order valence-electron chi connectivity index (χ4n) is 4.56. The van der Waals surface area contributed by atoms with Crippen molar-refractivity contribution in [2.45, 2.75) is 25.8 Å². The SMILES string of the molecule is O=C(CCn1ccnc1)Nc1cccc(C(=O)N2CCC(C(=O)c3ccc4c(c3)OCCO4)CC2)c1. The molecule has 5 rings (SSSR count). The predicted molar refractivity (Wildman–Crippen MR) is 132 cm³/mol. The van der Waals surface area contributed by atoms with Gasteiger partial charge in [0.15, 0.2) is 17.3 Å². The highest BCUT2D eigenvalue weighted by molar-refractivity contribution is 5.99. The number of amides is 2. The van der Waals surface area contributed by atoms with Gasteiger partial charge in [-0.3, -0.25) is 14.4 Å². The Balaban J connectivity index is 1.15. The van der Waals surface area contributed by atoms with E-state index in [0.717, 1.165) is 0 Å². The Kier molecular flexibility index (Phi) is 6.97. The van der Waals surface area contributed by atoms with Crippen LogP contribution < -0.4 is 14.8 Å². The summed E-state index contributed by atoms with van der Waals surface area (Å²) in [5.74, 6) is 0.960. The molecule has 2 aliphatic heterocycles. The molecule has 0 saturated carbocycles. The number of hydrogen-bond donors (Lipinski definition) is 1. The monoisotopic (exact) mass is 488 g/mol. The maximum atomic E-state index is 13.1. The van der Waals surface area contributed by atoms with Crippen LogP contribution in [0.1, 0.15) is 40.0 Å². The lowest BCUT2D eigenvalue weighted by Crippen LogP contribution is -2.40. The third-order valence-electron chi connectivity index (χ3n) is 6.53. The Labute approximate surface area is 209 Å². The molecule has 0 atom stereocenters. The van der Waals surface area contributed by atoms with Gasteiger partial charge in [0.2, 0.25) is 5.91 Å². The molecule has 1 saturated heterocycles. The summed E-state index contributed by atoms with van der Waals surface area (Å²) in [5, 5.41) is 2.86. The van der Waals surface area contributed by atoms with Gasteiger partial charge in [0.05, 0.1) is 6.33 Å². The molecular weight excluding hydrogens is 460 g/mol. The Morgan fingerprint density at radius 2 is 1.78 bits per heavy atom. The maximum absolute atomic E-state index is 13.1. The minimum absolute atomic E-state index is 0.0690. The Hall–Kier alpha value is -4.14. The first-order chi connectivity index (χ1) is 17.6. The van der Waals surface area contributed by atoms with Crippen molar-refractivity contribution in [2.24, 2.45) is 5.92 Å². The summed E-state index contributed by atoms with van der Waals surface area (Å²) in [6.45, 7) is 2.52. The van der Waals surface area contributed by atoms with Crippen LogP contribution in [0.5, 0.6) is 11.5 Å². The molecule has 186 valence electrons. The molecule has 2 aliphatic rings. The van der Waals surface area contributed by atoms with Crippen LogP contribution in [0.4, 0.5) is 5.69 Å². The number of aryl methyl sites for hydroxylation is 1. The van der Waals surface area contributed by atoms with Gasteiger partial charge in [-0.25, -0.2) is 4.98 Å². The van der Waals surface area contributed by atoms with E-state index >= 15 is 0 Å². The zero-order valence-electron chi connectivity index (χ0n) is 19.9. The zero-order chi connectivity index (χ0) is 24.9. The van der Waals surface area contributed by atoms with Crippen molar-refractivity contribution in [1.29, 1.82) is 0 Å². The van der Waals surface area contributed by atoms with Gasteiger partial charge in [-0.15, -0.1) is 0 Å². The number of nitrogens with zero attached hydrogens (tertiary/aromatic N) is 3. The molecule has 2 amide bonds. The van der Waals surface area contributed by atoms with Crippen LogP contribution in [0.3, 0.4) is 0 Å². The van der Waals surface area contributed by atoms with Crippen LogP contribution in [0.15, 0.2) is 61.2 Å². The average molecular weight is 489 g/mol. The summed E-state index contributed by atoms with van der Waals surface area (Å²) < 4.78 is 13.0. The average Bonchev–Trinajstić information content (AvgIpc) is 3.45. The first-order valence-corrected chi connectivity index (χ1v) is 12.2. The van der Waals surface area contributed by atoms with Gasteiger partial charge in [-0.05, 0) is 49.2 Å². The molecule has 0 unspecified atom stereocenters. The molecule has 1 aromatic heterocycles. The van der Waals surface area contributed by atoms with Crippen LogP contribution in [0, 0.1) is 5.92 Å². The van der Waals surface area contributed by atoms with Crippen molar-refractivity contribution in [1.82, 2.24) is 14.5 Å². The number of imidazole rings is 1. The number of ether oxygens (including phenoxy) is 2. The van der Waals surface area contributed by atoms with Crippen molar-refractivity contribution < 1.29 is 23.9 Å². The Morgan fingerprint density at radius 3 is 2.56 bits per heavy atom. The number of aromatic nitrogens is 2.